The van der Waals surface area contributed by atoms with Crippen molar-refractivity contribution >= 4 is 17.2 Å². The molecule has 0 saturated heterocycles. The molecule has 0 aliphatic rings. The van der Waals surface area contributed by atoms with Crippen LogP contribution in [0.25, 0.3) is 0 Å². The van der Waals surface area contributed by atoms with Gasteiger partial charge in [0.1, 0.15) is 18.6 Å². The predicted molar refractivity (Wildman–Crippen MR) is 67.1 cm³/mol. The molecule has 0 aliphatic carbocycles. The fraction of sp³-hybridized carbons (Fsp3) is 0.273. The van der Waals surface area contributed by atoms with E-state index in [-0.39, 0.29) is 5.69 Å². The average molecular weight is 283 g/mol. The first-order valence-electron chi connectivity index (χ1n) is 5.64. The van der Waals surface area contributed by atoms with Gasteiger partial charge in [0.2, 0.25) is 0 Å². The second-order valence-electron chi connectivity index (χ2n) is 4.08. The van der Waals surface area contributed by atoms with Crippen molar-refractivity contribution in [2.24, 2.45) is 0 Å². The van der Waals surface area contributed by atoms with Gasteiger partial charge >= 0.3 is 0 Å². The zero-order chi connectivity index (χ0) is 14.7. The number of rotatable bonds is 5. The van der Waals surface area contributed by atoms with Crippen LogP contribution >= 0.6 is 0 Å². The molecule has 0 unspecified atom stereocenters. The standard InChI is InChI=1S/C11H11F2N5O2/c1-7-2-11(14-4-9(7)18(19)20)16-8-3-15-17(5-8)6-10(12)13/h2-5,10H,6H2,1H3,(H,14,16). The lowest BCUT2D eigenvalue weighted by atomic mass is 10.2. The smallest absolute Gasteiger partial charge is 0.290 e. The molecule has 0 bridgehead atoms. The number of alkyl halides is 2. The molecule has 2 heterocycles. The van der Waals surface area contributed by atoms with Gasteiger partial charge < -0.3 is 5.32 Å². The SMILES string of the molecule is Cc1cc(Nc2cnn(CC(F)F)c2)ncc1[N+](=O)[O-]. The maximum atomic E-state index is 12.2. The number of nitro groups is 1. The summed E-state index contributed by atoms with van der Waals surface area (Å²) in [6.45, 7) is 1.10. The Labute approximate surface area is 112 Å². The molecule has 0 amide bonds. The summed E-state index contributed by atoms with van der Waals surface area (Å²) in [7, 11) is 0. The fourth-order valence-corrected chi connectivity index (χ4v) is 1.63. The molecule has 0 fully saturated rings. The highest BCUT2D eigenvalue weighted by atomic mass is 19.3. The van der Waals surface area contributed by atoms with Crippen LogP contribution in [-0.4, -0.2) is 26.1 Å². The number of halogens is 2. The minimum Gasteiger partial charge on any atom is -0.338 e. The minimum atomic E-state index is -2.48. The second-order valence-corrected chi connectivity index (χ2v) is 4.08. The summed E-state index contributed by atoms with van der Waals surface area (Å²) >= 11 is 0. The molecule has 2 aromatic heterocycles. The molecule has 0 radical (unpaired) electrons. The van der Waals surface area contributed by atoms with Crippen molar-refractivity contribution in [3.63, 3.8) is 0 Å². The van der Waals surface area contributed by atoms with E-state index in [1.807, 2.05) is 0 Å². The third kappa shape index (κ3) is 3.25. The Balaban J connectivity index is 2.12. The Morgan fingerprint density at radius 1 is 1.50 bits per heavy atom. The van der Waals surface area contributed by atoms with E-state index in [1.165, 1.54) is 18.5 Å². The summed E-state index contributed by atoms with van der Waals surface area (Å²) in [5, 5.41) is 17.3. The van der Waals surface area contributed by atoms with Gasteiger partial charge in [-0.15, -0.1) is 0 Å². The molecule has 0 aromatic carbocycles. The van der Waals surface area contributed by atoms with E-state index >= 15 is 0 Å². The Kier molecular flexibility index (Phi) is 3.87. The first-order valence-corrected chi connectivity index (χ1v) is 5.64. The van der Waals surface area contributed by atoms with Crippen LogP contribution in [0.3, 0.4) is 0 Å². The third-order valence-electron chi connectivity index (χ3n) is 2.51. The highest BCUT2D eigenvalue weighted by Crippen LogP contribution is 2.21. The van der Waals surface area contributed by atoms with E-state index < -0.39 is 17.9 Å². The number of aromatic nitrogens is 3. The van der Waals surface area contributed by atoms with Gasteiger partial charge in [-0.3, -0.25) is 14.8 Å². The normalized spacial score (nSPS) is 10.8. The van der Waals surface area contributed by atoms with Gasteiger partial charge in [-0.2, -0.15) is 5.10 Å². The number of pyridine rings is 1. The average Bonchev–Trinajstić information content (AvgIpc) is 2.75. The molecule has 0 aliphatic heterocycles. The van der Waals surface area contributed by atoms with Crippen molar-refractivity contribution in [1.29, 1.82) is 0 Å². The van der Waals surface area contributed by atoms with Gasteiger partial charge in [0.25, 0.3) is 12.1 Å². The maximum Gasteiger partial charge on any atom is 0.290 e. The summed E-state index contributed by atoms with van der Waals surface area (Å²) in [5.41, 5.74) is 0.850. The minimum absolute atomic E-state index is 0.0797. The molecule has 1 N–H and O–H groups in total. The van der Waals surface area contributed by atoms with E-state index in [1.54, 1.807) is 6.92 Å². The lowest BCUT2D eigenvalue weighted by Crippen LogP contribution is -2.06. The number of anilines is 2. The zero-order valence-corrected chi connectivity index (χ0v) is 10.5. The number of aryl methyl sites for hydroxylation is 1. The molecule has 0 spiro atoms. The molecule has 0 saturated carbocycles. The summed E-state index contributed by atoms with van der Waals surface area (Å²) in [6, 6.07) is 1.50. The van der Waals surface area contributed by atoms with Crippen molar-refractivity contribution in [2.75, 3.05) is 5.32 Å². The lowest BCUT2D eigenvalue weighted by Gasteiger charge is -2.03. The molecule has 2 rings (SSSR count). The van der Waals surface area contributed by atoms with Gasteiger partial charge in [-0.1, -0.05) is 0 Å². The van der Waals surface area contributed by atoms with Crippen LogP contribution in [0.4, 0.5) is 26.0 Å². The quantitative estimate of drug-likeness (QED) is 0.673. The van der Waals surface area contributed by atoms with E-state index in [0.29, 0.717) is 17.1 Å². The van der Waals surface area contributed by atoms with Crippen molar-refractivity contribution in [3.05, 3.63) is 40.3 Å². The molecule has 20 heavy (non-hydrogen) atoms. The second kappa shape index (κ2) is 5.59. The Morgan fingerprint density at radius 3 is 2.85 bits per heavy atom. The molecular weight excluding hydrogens is 272 g/mol. The van der Waals surface area contributed by atoms with Gasteiger partial charge in [0.05, 0.1) is 16.8 Å². The van der Waals surface area contributed by atoms with Gasteiger partial charge in [-0.25, -0.2) is 13.8 Å². The largest absolute Gasteiger partial charge is 0.338 e. The number of nitrogens with one attached hydrogen (secondary N) is 1. The molecular formula is C11H11F2N5O2. The molecule has 106 valence electrons. The fourth-order valence-electron chi connectivity index (χ4n) is 1.63. The van der Waals surface area contributed by atoms with Crippen LogP contribution < -0.4 is 5.32 Å². The molecule has 0 atom stereocenters. The van der Waals surface area contributed by atoms with Gasteiger partial charge in [0.15, 0.2) is 0 Å². The van der Waals surface area contributed by atoms with Gasteiger partial charge in [-0.05, 0) is 13.0 Å². The first kappa shape index (κ1) is 13.8. The highest BCUT2D eigenvalue weighted by molar-refractivity contribution is 5.56. The van der Waals surface area contributed by atoms with E-state index in [0.717, 1.165) is 10.9 Å². The van der Waals surface area contributed by atoms with Crippen molar-refractivity contribution in [3.8, 4) is 0 Å². The van der Waals surface area contributed by atoms with Gasteiger partial charge in [0, 0.05) is 11.8 Å². The van der Waals surface area contributed by atoms with Crippen LogP contribution in [0, 0.1) is 17.0 Å². The summed E-state index contributed by atoms with van der Waals surface area (Å²) in [4.78, 5) is 14.0. The van der Waals surface area contributed by atoms with Crippen LogP contribution in [0.1, 0.15) is 5.56 Å². The van der Waals surface area contributed by atoms with Crippen molar-refractivity contribution < 1.29 is 13.7 Å². The van der Waals surface area contributed by atoms with Crippen molar-refractivity contribution in [1.82, 2.24) is 14.8 Å². The monoisotopic (exact) mass is 283 g/mol. The molecule has 2 aromatic rings. The number of hydrogen-bond acceptors (Lipinski definition) is 5. The summed E-state index contributed by atoms with van der Waals surface area (Å²) < 4.78 is 25.4. The molecule has 9 heteroatoms. The van der Waals surface area contributed by atoms with E-state index in [4.69, 9.17) is 0 Å². The number of hydrogen-bond donors (Lipinski definition) is 1. The van der Waals surface area contributed by atoms with Crippen molar-refractivity contribution in [2.45, 2.75) is 19.9 Å². The van der Waals surface area contributed by atoms with Crippen LogP contribution in [0.15, 0.2) is 24.7 Å². The zero-order valence-electron chi connectivity index (χ0n) is 10.5. The molecule has 7 nitrogen and oxygen atoms in total. The van der Waals surface area contributed by atoms with Crippen LogP contribution in [-0.2, 0) is 6.54 Å². The van der Waals surface area contributed by atoms with E-state index in [2.05, 4.69) is 15.4 Å². The first-order chi connectivity index (χ1) is 9.45. The summed E-state index contributed by atoms with van der Waals surface area (Å²) in [5.74, 6) is 0.379. The van der Waals surface area contributed by atoms with Crippen LogP contribution in [0.5, 0.6) is 0 Å². The van der Waals surface area contributed by atoms with E-state index in [9.17, 15) is 18.9 Å². The number of nitrogens with zero attached hydrogens (tertiary/aromatic N) is 4. The Hall–Kier alpha value is -2.58. The maximum absolute atomic E-state index is 12.2. The topological polar surface area (TPSA) is 85.9 Å². The Bertz CT molecular complexity index is 629. The Morgan fingerprint density at radius 2 is 2.25 bits per heavy atom. The lowest BCUT2D eigenvalue weighted by molar-refractivity contribution is -0.385. The highest BCUT2D eigenvalue weighted by Gasteiger charge is 2.12. The summed E-state index contributed by atoms with van der Waals surface area (Å²) in [6.07, 6.45) is 1.44. The van der Waals surface area contributed by atoms with Crippen LogP contribution in [0.2, 0.25) is 0 Å². The predicted octanol–water partition coefficient (Wildman–Crippen LogP) is 2.50. The third-order valence-corrected chi connectivity index (χ3v) is 2.51.